The SMILES string of the molecule is CC#CCNC(C)NC. The Morgan fingerprint density at radius 2 is 2.22 bits per heavy atom. The smallest absolute Gasteiger partial charge is 0.0588 e. The number of hydrogen-bond acceptors (Lipinski definition) is 2. The van der Waals surface area contributed by atoms with Gasteiger partial charge in [0, 0.05) is 0 Å². The van der Waals surface area contributed by atoms with E-state index in [9.17, 15) is 0 Å². The van der Waals surface area contributed by atoms with Gasteiger partial charge in [-0.2, -0.15) is 0 Å². The second kappa shape index (κ2) is 5.61. The van der Waals surface area contributed by atoms with Crippen molar-refractivity contribution in [1.29, 1.82) is 0 Å². The summed E-state index contributed by atoms with van der Waals surface area (Å²) >= 11 is 0. The third kappa shape index (κ3) is 5.35. The van der Waals surface area contributed by atoms with Crippen LogP contribution in [0.4, 0.5) is 0 Å². The van der Waals surface area contributed by atoms with Crippen LogP contribution in [0.2, 0.25) is 0 Å². The van der Waals surface area contributed by atoms with E-state index in [1.807, 2.05) is 14.0 Å². The predicted octanol–water partition coefficient (Wildman–Crippen LogP) is 0.165. The predicted molar refractivity (Wildman–Crippen MR) is 40.0 cm³/mol. The normalized spacial score (nSPS) is 11.9. The van der Waals surface area contributed by atoms with E-state index in [0.717, 1.165) is 6.54 Å². The standard InChI is InChI=1S/C7H14N2/c1-4-5-6-9-7(2)8-3/h7-9H,6H2,1-3H3. The Morgan fingerprint density at radius 1 is 1.56 bits per heavy atom. The first-order chi connectivity index (χ1) is 4.31. The Hall–Kier alpha value is -0.520. The lowest BCUT2D eigenvalue weighted by molar-refractivity contribution is 0.519. The average molecular weight is 126 g/mol. The quantitative estimate of drug-likeness (QED) is 0.416. The van der Waals surface area contributed by atoms with Gasteiger partial charge in [-0.3, -0.25) is 5.32 Å². The van der Waals surface area contributed by atoms with Crippen LogP contribution in [0, 0.1) is 11.8 Å². The molecule has 0 aliphatic heterocycles. The lowest BCUT2D eigenvalue weighted by atomic mass is 10.5. The van der Waals surface area contributed by atoms with Crippen molar-refractivity contribution in [2.45, 2.75) is 20.0 Å². The van der Waals surface area contributed by atoms with Gasteiger partial charge in [0.05, 0.1) is 12.7 Å². The van der Waals surface area contributed by atoms with E-state index in [4.69, 9.17) is 0 Å². The fraction of sp³-hybridized carbons (Fsp3) is 0.714. The summed E-state index contributed by atoms with van der Waals surface area (Å²) in [4.78, 5) is 0. The van der Waals surface area contributed by atoms with Gasteiger partial charge in [-0.25, -0.2) is 0 Å². The molecule has 2 N–H and O–H groups in total. The van der Waals surface area contributed by atoms with Crippen LogP contribution >= 0.6 is 0 Å². The van der Waals surface area contributed by atoms with Crippen molar-refractivity contribution in [3.8, 4) is 11.8 Å². The molecule has 0 heterocycles. The lowest BCUT2D eigenvalue weighted by Gasteiger charge is -2.08. The average Bonchev–Trinajstić information content (AvgIpc) is 1.89. The van der Waals surface area contributed by atoms with Crippen molar-refractivity contribution < 1.29 is 0 Å². The van der Waals surface area contributed by atoms with Gasteiger partial charge in [0.2, 0.25) is 0 Å². The number of rotatable bonds is 3. The fourth-order valence-corrected chi connectivity index (χ4v) is 0.395. The van der Waals surface area contributed by atoms with Gasteiger partial charge in [-0.15, -0.1) is 5.92 Å². The van der Waals surface area contributed by atoms with E-state index >= 15 is 0 Å². The molecule has 0 spiro atoms. The molecule has 1 atom stereocenters. The largest absolute Gasteiger partial charge is 0.305 e. The maximum Gasteiger partial charge on any atom is 0.0588 e. The second-order valence-corrected chi connectivity index (χ2v) is 1.82. The molecule has 0 aromatic carbocycles. The molecule has 0 saturated carbocycles. The lowest BCUT2D eigenvalue weighted by Crippen LogP contribution is -2.37. The first kappa shape index (κ1) is 8.48. The van der Waals surface area contributed by atoms with Crippen molar-refractivity contribution in [1.82, 2.24) is 10.6 Å². The summed E-state index contributed by atoms with van der Waals surface area (Å²) in [6.45, 7) is 4.65. The zero-order chi connectivity index (χ0) is 7.11. The third-order valence-corrected chi connectivity index (χ3v) is 1.11. The highest BCUT2D eigenvalue weighted by atomic mass is 15.1. The summed E-state index contributed by atoms with van der Waals surface area (Å²) in [5, 5.41) is 6.19. The molecule has 0 aliphatic carbocycles. The maximum absolute atomic E-state index is 3.15. The van der Waals surface area contributed by atoms with Gasteiger partial charge in [0.25, 0.3) is 0 Å². The van der Waals surface area contributed by atoms with E-state index < -0.39 is 0 Å². The minimum Gasteiger partial charge on any atom is -0.305 e. The number of nitrogens with one attached hydrogen (secondary N) is 2. The van der Waals surface area contributed by atoms with E-state index in [2.05, 4.69) is 29.4 Å². The Balaban J connectivity index is 3.13. The van der Waals surface area contributed by atoms with Crippen LogP contribution in [0.5, 0.6) is 0 Å². The van der Waals surface area contributed by atoms with Crippen LogP contribution in [0.15, 0.2) is 0 Å². The molecule has 0 radical (unpaired) electrons. The monoisotopic (exact) mass is 126 g/mol. The molecule has 0 aromatic rings. The first-order valence-electron chi connectivity index (χ1n) is 3.11. The Kier molecular flexibility index (Phi) is 5.29. The Bertz CT molecular complexity index is 110. The molecule has 0 saturated heterocycles. The molecule has 0 fully saturated rings. The Morgan fingerprint density at radius 3 is 2.67 bits per heavy atom. The van der Waals surface area contributed by atoms with E-state index in [1.165, 1.54) is 0 Å². The molecular formula is C7H14N2. The molecule has 2 heteroatoms. The highest BCUT2D eigenvalue weighted by Crippen LogP contribution is 1.67. The van der Waals surface area contributed by atoms with Crippen molar-refractivity contribution in [2.24, 2.45) is 0 Å². The van der Waals surface area contributed by atoms with E-state index in [1.54, 1.807) is 0 Å². The zero-order valence-electron chi connectivity index (χ0n) is 6.28. The Labute approximate surface area is 57.0 Å². The molecule has 0 rings (SSSR count). The van der Waals surface area contributed by atoms with Crippen molar-refractivity contribution in [2.75, 3.05) is 13.6 Å². The molecule has 0 aromatic heterocycles. The van der Waals surface area contributed by atoms with Crippen molar-refractivity contribution in [3.63, 3.8) is 0 Å². The molecular weight excluding hydrogens is 112 g/mol. The minimum atomic E-state index is 0.353. The van der Waals surface area contributed by atoms with Gasteiger partial charge < -0.3 is 5.32 Å². The fourth-order valence-electron chi connectivity index (χ4n) is 0.395. The van der Waals surface area contributed by atoms with Gasteiger partial charge in [0.15, 0.2) is 0 Å². The summed E-state index contributed by atoms with van der Waals surface area (Å²) in [6, 6.07) is 0. The molecule has 52 valence electrons. The van der Waals surface area contributed by atoms with Crippen LogP contribution in [-0.2, 0) is 0 Å². The van der Waals surface area contributed by atoms with Crippen LogP contribution in [-0.4, -0.2) is 19.8 Å². The molecule has 1 unspecified atom stereocenters. The zero-order valence-corrected chi connectivity index (χ0v) is 6.28. The van der Waals surface area contributed by atoms with Crippen LogP contribution in [0.3, 0.4) is 0 Å². The van der Waals surface area contributed by atoms with Crippen molar-refractivity contribution >= 4 is 0 Å². The van der Waals surface area contributed by atoms with Gasteiger partial charge in [-0.1, -0.05) is 5.92 Å². The number of hydrogen-bond donors (Lipinski definition) is 2. The second-order valence-electron chi connectivity index (χ2n) is 1.82. The van der Waals surface area contributed by atoms with Gasteiger partial charge in [0.1, 0.15) is 0 Å². The highest BCUT2D eigenvalue weighted by molar-refractivity contribution is 4.97. The van der Waals surface area contributed by atoms with Crippen molar-refractivity contribution in [3.05, 3.63) is 0 Å². The minimum absolute atomic E-state index is 0.353. The highest BCUT2D eigenvalue weighted by Gasteiger charge is 1.89. The summed E-state index contributed by atoms with van der Waals surface area (Å²) in [6.07, 6.45) is 0.353. The molecule has 2 nitrogen and oxygen atoms in total. The summed E-state index contributed by atoms with van der Waals surface area (Å²) < 4.78 is 0. The summed E-state index contributed by atoms with van der Waals surface area (Å²) in [5.41, 5.74) is 0. The van der Waals surface area contributed by atoms with E-state index in [-0.39, 0.29) is 0 Å². The molecule has 0 amide bonds. The van der Waals surface area contributed by atoms with Gasteiger partial charge in [-0.05, 0) is 20.9 Å². The van der Waals surface area contributed by atoms with E-state index in [0.29, 0.717) is 6.17 Å². The third-order valence-electron chi connectivity index (χ3n) is 1.11. The molecule has 0 bridgehead atoms. The van der Waals surface area contributed by atoms with Crippen LogP contribution < -0.4 is 10.6 Å². The summed E-state index contributed by atoms with van der Waals surface area (Å²) in [5.74, 6) is 5.72. The first-order valence-corrected chi connectivity index (χ1v) is 3.11. The maximum atomic E-state index is 3.15. The van der Waals surface area contributed by atoms with Crippen LogP contribution in [0.1, 0.15) is 13.8 Å². The molecule has 0 aliphatic rings. The molecule has 9 heavy (non-hydrogen) atoms. The van der Waals surface area contributed by atoms with Gasteiger partial charge >= 0.3 is 0 Å². The topological polar surface area (TPSA) is 24.1 Å². The summed E-state index contributed by atoms with van der Waals surface area (Å²) in [7, 11) is 1.91. The van der Waals surface area contributed by atoms with Crippen LogP contribution in [0.25, 0.3) is 0 Å².